The molecule has 1 amide bonds. The SMILES string of the molecule is CC(C)(C)c1cccc(-c2cccc([C@@H](O)C(=O)N3CCCc4nc(C5(c6ccccc6)CC5)[nH]c(=O)c4C3)c2)c1. The summed E-state index contributed by atoms with van der Waals surface area (Å²) in [5.74, 6) is 0.324. The number of aryl methyl sites for hydroxylation is 1. The third-order valence-corrected chi connectivity index (χ3v) is 8.63. The number of H-pyrrole nitrogens is 1. The van der Waals surface area contributed by atoms with Gasteiger partial charge in [0.25, 0.3) is 11.5 Å². The number of aliphatic hydroxyl groups is 1. The van der Waals surface area contributed by atoms with Gasteiger partial charge in [-0.25, -0.2) is 4.98 Å². The van der Waals surface area contributed by atoms with Gasteiger partial charge < -0.3 is 15.0 Å². The van der Waals surface area contributed by atoms with E-state index in [9.17, 15) is 14.7 Å². The van der Waals surface area contributed by atoms with Crippen LogP contribution in [0, 0.1) is 0 Å². The van der Waals surface area contributed by atoms with Crippen LogP contribution in [-0.2, 0) is 28.6 Å². The molecule has 0 bridgehead atoms. The Morgan fingerprint density at radius 1 is 0.976 bits per heavy atom. The Labute approximate surface area is 241 Å². The van der Waals surface area contributed by atoms with Gasteiger partial charge in [-0.05, 0) is 65.0 Å². The molecule has 210 valence electrons. The fourth-order valence-electron chi connectivity index (χ4n) is 5.95. The molecule has 41 heavy (non-hydrogen) atoms. The molecule has 1 saturated carbocycles. The maximum absolute atomic E-state index is 13.6. The monoisotopic (exact) mass is 547 g/mol. The summed E-state index contributed by atoms with van der Waals surface area (Å²) in [6, 6.07) is 26.1. The summed E-state index contributed by atoms with van der Waals surface area (Å²) in [5.41, 5.74) is 5.79. The zero-order valence-electron chi connectivity index (χ0n) is 24.0. The molecule has 2 heterocycles. The van der Waals surface area contributed by atoms with Crippen molar-refractivity contribution in [3.05, 3.63) is 123 Å². The Morgan fingerprint density at radius 3 is 2.39 bits per heavy atom. The van der Waals surface area contributed by atoms with E-state index in [-0.39, 0.29) is 22.9 Å². The van der Waals surface area contributed by atoms with Gasteiger partial charge >= 0.3 is 0 Å². The Balaban J connectivity index is 1.24. The van der Waals surface area contributed by atoms with Crippen molar-refractivity contribution in [3.8, 4) is 11.1 Å². The maximum Gasteiger partial charge on any atom is 0.256 e. The minimum absolute atomic E-state index is 0.0143. The highest BCUT2D eigenvalue weighted by Gasteiger charge is 2.48. The van der Waals surface area contributed by atoms with Gasteiger partial charge in [0.1, 0.15) is 5.82 Å². The molecule has 2 N–H and O–H groups in total. The van der Waals surface area contributed by atoms with Crippen molar-refractivity contribution in [2.75, 3.05) is 6.54 Å². The first kappa shape index (κ1) is 27.2. The summed E-state index contributed by atoms with van der Waals surface area (Å²) in [6.45, 7) is 7.13. The summed E-state index contributed by atoms with van der Waals surface area (Å²) < 4.78 is 0. The topological polar surface area (TPSA) is 86.3 Å². The van der Waals surface area contributed by atoms with Crippen molar-refractivity contribution in [2.24, 2.45) is 0 Å². The number of benzene rings is 3. The lowest BCUT2D eigenvalue weighted by Gasteiger charge is -2.24. The van der Waals surface area contributed by atoms with E-state index in [1.165, 1.54) is 11.1 Å². The first-order valence-electron chi connectivity index (χ1n) is 14.5. The molecule has 0 saturated heterocycles. The lowest BCUT2D eigenvalue weighted by molar-refractivity contribution is -0.141. The lowest BCUT2D eigenvalue weighted by atomic mass is 9.85. The minimum atomic E-state index is -1.32. The largest absolute Gasteiger partial charge is 0.378 e. The molecule has 1 aliphatic heterocycles. The van der Waals surface area contributed by atoms with Crippen molar-refractivity contribution in [1.29, 1.82) is 0 Å². The Hall–Kier alpha value is -4.03. The number of carbonyl (C=O) groups excluding carboxylic acids is 1. The zero-order chi connectivity index (χ0) is 28.8. The lowest BCUT2D eigenvalue weighted by Crippen LogP contribution is -2.36. The second kappa shape index (κ2) is 10.4. The van der Waals surface area contributed by atoms with E-state index >= 15 is 0 Å². The van der Waals surface area contributed by atoms with Gasteiger partial charge in [-0.15, -0.1) is 0 Å². The van der Waals surface area contributed by atoms with Gasteiger partial charge in [0.05, 0.1) is 23.2 Å². The summed E-state index contributed by atoms with van der Waals surface area (Å²) in [5, 5.41) is 11.2. The van der Waals surface area contributed by atoms with E-state index in [2.05, 4.69) is 50.0 Å². The number of aliphatic hydroxyl groups excluding tert-OH is 1. The van der Waals surface area contributed by atoms with Crippen LogP contribution < -0.4 is 5.56 Å². The molecule has 1 fully saturated rings. The van der Waals surface area contributed by atoms with E-state index in [1.54, 1.807) is 11.0 Å². The third-order valence-electron chi connectivity index (χ3n) is 8.63. The molecule has 6 nitrogen and oxygen atoms in total. The molecule has 0 radical (unpaired) electrons. The molecule has 0 unspecified atom stereocenters. The van der Waals surface area contributed by atoms with Crippen molar-refractivity contribution in [2.45, 2.75) is 69.9 Å². The Morgan fingerprint density at radius 2 is 1.68 bits per heavy atom. The van der Waals surface area contributed by atoms with Gasteiger partial charge in [0.15, 0.2) is 6.10 Å². The van der Waals surface area contributed by atoms with Gasteiger partial charge in [-0.3, -0.25) is 9.59 Å². The fraction of sp³-hybridized carbons (Fsp3) is 0.343. The van der Waals surface area contributed by atoms with Gasteiger partial charge in [0, 0.05) is 6.54 Å². The molecule has 1 aromatic heterocycles. The standard InChI is InChI=1S/C35H37N3O3/c1-34(2,3)27-15-8-11-24(21-27)23-10-7-12-25(20-23)30(39)32(41)38-19-9-16-29-28(22-38)31(40)37-33(36-29)35(17-18-35)26-13-5-4-6-14-26/h4-8,10-15,20-21,30,39H,9,16-19,22H2,1-3H3,(H,36,37,40)/t30-/m1/s1. The number of carbonyl (C=O) groups is 1. The molecular weight excluding hydrogens is 510 g/mol. The average Bonchev–Trinajstić information content (AvgIpc) is 3.81. The van der Waals surface area contributed by atoms with Crippen LogP contribution in [0.5, 0.6) is 0 Å². The van der Waals surface area contributed by atoms with Crippen molar-refractivity contribution in [3.63, 3.8) is 0 Å². The normalized spacial score (nSPS) is 16.9. The van der Waals surface area contributed by atoms with Crippen molar-refractivity contribution in [1.82, 2.24) is 14.9 Å². The number of nitrogens with one attached hydrogen (secondary N) is 1. The van der Waals surface area contributed by atoms with E-state index in [4.69, 9.17) is 4.98 Å². The summed E-state index contributed by atoms with van der Waals surface area (Å²) in [7, 11) is 0. The summed E-state index contributed by atoms with van der Waals surface area (Å²) >= 11 is 0. The van der Waals surface area contributed by atoms with E-state index < -0.39 is 12.0 Å². The van der Waals surface area contributed by atoms with Crippen LogP contribution in [0.3, 0.4) is 0 Å². The van der Waals surface area contributed by atoms with Crippen LogP contribution in [0.4, 0.5) is 0 Å². The van der Waals surface area contributed by atoms with Crippen LogP contribution in [0.15, 0.2) is 83.7 Å². The first-order valence-corrected chi connectivity index (χ1v) is 14.5. The number of nitrogens with zero attached hydrogens (tertiary/aromatic N) is 2. The average molecular weight is 548 g/mol. The molecule has 1 aliphatic carbocycles. The number of fused-ring (bicyclic) bond motifs is 1. The summed E-state index contributed by atoms with van der Waals surface area (Å²) in [4.78, 5) is 36.5. The fourth-order valence-corrected chi connectivity index (χ4v) is 5.95. The number of aromatic nitrogens is 2. The molecule has 4 aromatic rings. The van der Waals surface area contributed by atoms with E-state index in [0.717, 1.165) is 35.5 Å². The van der Waals surface area contributed by atoms with E-state index in [0.29, 0.717) is 30.5 Å². The quantitative estimate of drug-likeness (QED) is 0.330. The second-order valence-corrected chi connectivity index (χ2v) is 12.5. The second-order valence-electron chi connectivity index (χ2n) is 12.5. The van der Waals surface area contributed by atoms with Crippen molar-refractivity contribution >= 4 is 5.91 Å². The molecular formula is C35H37N3O3. The highest BCUT2D eigenvalue weighted by Crippen LogP contribution is 2.52. The zero-order valence-corrected chi connectivity index (χ0v) is 24.0. The number of rotatable bonds is 5. The van der Waals surface area contributed by atoms with Crippen LogP contribution in [0.25, 0.3) is 11.1 Å². The van der Waals surface area contributed by atoms with Crippen LogP contribution >= 0.6 is 0 Å². The van der Waals surface area contributed by atoms with Gasteiger partial charge in [-0.2, -0.15) is 0 Å². The molecule has 3 aromatic carbocycles. The molecule has 6 heteroatoms. The van der Waals surface area contributed by atoms with Crippen molar-refractivity contribution < 1.29 is 9.90 Å². The predicted molar refractivity (Wildman–Crippen MR) is 161 cm³/mol. The number of hydrogen-bond acceptors (Lipinski definition) is 4. The highest BCUT2D eigenvalue weighted by atomic mass is 16.3. The first-order chi connectivity index (χ1) is 19.7. The van der Waals surface area contributed by atoms with Crippen LogP contribution in [-0.4, -0.2) is 32.4 Å². The van der Waals surface area contributed by atoms with Crippen LogP contribution in [0.1, 0.15) is 79.9 Å². The third kappa shape index (κ3) is 5.24. The maximum atomic E-state index is 13.6. The number of aromatic amines is 1. The van der Waals surface area contributed by atoms with Gasteiger partial charge in [-0.1, -0.05) is 93.6 Å². The minimum Gasteiger partial charge on any atom is -0.378 e. The number of amides is 1. The Kier molecular flexibility index (Phi) is 6.90. The molecule has 2 aliphatic rings. The highest BCUT2D eigenvalue weighted by molar-refractivity contribution is 5.83. The predicted octanol–water partition coefficient (Wildman–Crippen LogP) is 5.82. The van der Waals surface area contributed by atoms with Crippen LogP contribution in [0.2, 0.25) is 0 Å². The molecule has 1 atom stereocenters. The summed E-state index contributed by atoms with van der Waals surface area (Å²) in [6.07, 6.45) is 1.89. The molecule has 0 spiro atoms. The molecule has 6 rings (SSSR count). The number of hydrogen-bond donors (Lipinski definition) is 2. The van der Waals surface area contributed by atoms with Gasteiger partial charge in [0.2, 0.25) is 0 Å². The Bertz CT molecular complexity index is 1650. The van der Waals surface area contributed by atoms with E-state index in [1.807, 2.05) is 48.5 Å². The smallest absolute Gasteiger partial charge is 0.256 e.